The van der Waals surface area contributed by atoms with E-state index in [1.807, 2.05) is 36.4 Å². The molecule has 3 rings (SSSR count). The SMILES string of the molecule is Cc1cc(C)c2nc(SCC(=O)OCc3ccccc3)cc(C)c2c1. The largest absolute Gasteiger partial charge is 0.460 e. The number of esters is 1. The van der Waals surface area contributed by atoms with Crippen LogP contribution in [0.3, 0.4) is 0 Å². The Labute approximate surface area is 152 Å². The molecule has 0 fully saturated rings. The molecule has 3 aromatic rings. The summed E-state index contributed by atoms with van der Waals surface area (Å²) in [6.07, 6.45) is 0. The van der Waals surface area contributed by atoms with Gasteiger partial charge in [0.05, 0.1) is 16.3 Å². The third-order valence-corrected chi connectivity index (χ3v) is 4.90. The molecule has 4 heteroatoms. The lowest BCUT2D eigenvalue weighted by molar-refractivity contribution is -0.141. The number of hydrogen-bond donors (Lipinski definition) is 0. The number of benzene rings is 2. The smallest absolute Gasteiger partial charge is 0.316 e. The average molecular weight is 351 g/mol. The number of carbonyl (C=O) groups excluding carboxylic acids is 1. The summed E-state index contributed by atoms with van der Waals surface area (Å²) in [5, 5.41) is 2.03. The van der Waals surface area contributed by atoms with E-state index >= 15 is 0 Å². The first kappa shape index (κ1) is 17.5. The minimum absolute atomic E-state index is 0.228. The molecule has 0 unspecified atom stereocenters. The van der Waals surface area contributed by atoms with Crippen molar-refractivity contribution in [2.24, 2.45) is 0 Å². The summed E-state index contributed by atoms with van der Waals surface area (Å²) in [6, 6.07) is 16.0. The monoisotopic (exact) mass is 351 g/mol. The van der Waals surface area contributed by atoms with E-state index < -0.39 is 0 Å². The van der Waals surface area contributed by atoms with Gasteiger partial charge in [0.2, 0.25) is 0 Å². The lowest BCUT2D eigenvalue weighted by Crippen LogP contribution is -2.07. The number of aromatic nitrogens is 1. The number of fused-ring (bicyclic) bond motifs is 1. The first-order chi connectivity index (χ1) is 12.0. The number of nitrogens with zero attached hydrogens (tertiary/aromatic N) is 1. The van der Waals surface area contributed by atoms with Crippen molar-refractivity contribution in [3.05, 3.63) is 70.8 Å². The molecule has 1 heterocycles. The van der Waals surface area contributed by atoms with Gasteiger partial charge >= 0.3 is 5.97 Å². The van der Waals surface area contributed by atoms with Crippen LogP contribution in [-0.2, 0) is 16.1 Å². The Kier molecular flexibility index (Phi) is 5.39. The fourth-order valence-electron chi connectivity index (χ4n) is 2.80. The van der Waals surface area contributed by atoms with E-state index in [4.69, 9.17) is 9.72 Å². The van der Waals surface area contributed by atoms with Crippen molar-refractivity contribution in [1.29, 1.82) is 0 Å². The number of rotatable bonds is 5. The van der Waals surface area contributed by atoms with Gasteiger partial charge in [-0.2, -0.15) is 0 Å². The Hall–Kier alpha value is -2.33. The van der Waals surface area contributed by atoms with Gasteiger partial charge in [-0.05, 0) is 49.6 Å². The number of hydrogen-bond acceptors (Lipinski definition) is 4. The summed E-state index contributed by atoms with van der Waals surface area (Å²) in [5.41, 5.74) is 5.57. The highest BCUT2D eigenvalue weighted by molar-refractivity contribution is 7.99. The first-order valence-corrected chi connectivity index (χ1v) is 9.22. The van der Waals surface area contributed by atoms with Crippen LogP contribution in [0.4, 0.5) is 0 Å². The first-order valence-electron chi connectivity index (χ1n) is 8.24. The fourth-order valence-corrected chi connectivity index (χ4v) is 3.57. The molecule has 0 radical (unpaired) electrons. The molecule has 0 N–H and O–H groups in total. The topological polar surface area (TPSA) is 39.2 Å². The molecule has 0 saturated carbocycles. The second kappa shape index (κ2) is 7.70. The third kappa shape index (κ3) is 4.40. The predicted molar refractivity (Wildman–Crippen MR) is 103 cm³/mol. The molecule has 1 aromatic heterocycles. The lowest BCUT2D eigenvalue weighted by Gasteiger charge is -2.10. The van der Waals surface area contributed by atoms with Gasteiger partial charge in [0.15, 0.2) is 0 Å². The highest BCUT2D eigenvalue weighted by atomic mass is 32.2. The molecular weight excluding hydrogens is 330 g/mol. The second-order valence-corrected chi connectivity index (χ2v) is 7.19. The molecule has 0 spiro atoms. The highest BCUT2D eigenvalue weighted by Gasteiger charge is 2.10. The van der Waals surface area contributed by atoms with Crippen molar-refractivity contribution < 1.29 is 9.53 Å². The van der Waals surface area contributed by atoms with E-state index in [0.29, 0.717) is 6.61 Å². The summed E-state index contributed by atoms with van der Waals surface area (Å²) in [5.74, 6) is 0.0319. The van der Waals surface area contributed by atoms with E-state index in [1.165, 1.54) is 28.3 Å². The van der Waals surface area contributed by atoms with Gasteiger partial charge in [-0.15, -0.1) is 0 Å². The standard InChI is InChI=1S/C21H21NO2S/c1-14-9-16(3)21-18(10-14)15(2)11-19(22-21)25-13-20(23)24-12-17-7-5-4-6-8-17/h4-11H,12-13H2,1-3H3. The van der Waals surface area contributed by atoms with Crippen molar-refractivity contribution >= 4 is 28.6 Å². The predicted octanol–water partition coefficient (Wildman–Crippen LogP) is 5.00. The molecule has 0 aliphatic rings. The molecular formula is C21H21NO2S. The van der Waals surface area contributed by atoms with Crippen LogP contribution in [0.5, 0.6) is 0 Å². The van der Waals surface area contributed by atoms with Crippen molar-refractivity contribution in [2.75, 3.05) is 5.75 Å². The van der Waals surface area contributed by atoms with E-state index in [9.17, 15) is 4.79 Å². The maximum atomic E-state index is 12.0. The Morgan fingerprint density at radius 2 is 1.80 bits per heavy atom. The van der Waals surface area contributed by atoms with Gasteiger partial charge in [0, 0.05) is 5.39 Å². The molecule has 2 aromatic carbocycles. The zero-order valence-electron chi connectivity index (χ0n) is 14.7. The normalized spacial score (nSPS) is 10.8. The van der Waals surface area contributed by atoms with Gasteiger partial charge in [-0.25, -0.2) is 4.98 Å². The number of carbonyl (C=O) groups is 1. The van der Waals surface area contributed by atoms with E-state index in [-0.39, 0.29) is 11.7 Å². The molecule has 128 valence electrons. The van der Waals surface area contributed by atoms with Crippen molar-refractivity contribution in [2.45, 2.75) is 32.4 Å². The molecule has 0 aliphatic heterocycles. The van der Waals surface area contributed by atoms with Crippen molar-refractivity contribution in [3.8, 4) is 0 Å². The molecule has 3 nitrogen and oxygen atoms in total. The van der Waals surface area contributed by atoms with Crippen LogP contribution in [0.2, 0.25) is 0 Å². The summed E-state index contributed by atoms with van der Waals surface area (Å²) in [7, 11) is 0. The maximum Gasteiger partial charge on any atom is 0.316 e. The molecule has 0 aliphatic carbocycles. The Balaban J connectivity index is 1.66. The minimum atomic E-state index is -0.228. The summed E-state index contributed by atoms with van der Waals surface area (Å²) in [6.45, 7) is 6.56. The highest BCUT2D eigenvalue weighted by Crippen LogP contribution is 2.27. The van der Waals surface area contributed by atoms with Crippen molar-refractivity contribution in [1.82, 2.24) is 4.98 Å². The number of pyridine rings is 1. The van der Waals surface area contributed by atoms with Crippen LogP contribution >= 0.6 is 11.8 Å². The second-order valence-electron chi connectivity index (χ2n) is 6.19. The minimum Gasteiger partial charge on any atom is -0.460 e. The van der Waals surface area contributed by atoms with Crippen LogP contribution in [-0.4, -0.2) is 16.7 Å². The zero-order valence-corrected chi connectivity index (χ0v) is 15.5. The molecule has 0 saturated heterocycles. The van der Waals surface area contributed by atoms with Gasteiger partial charge in [-0.3, -0.25) is 4.79 Å². The van der Waals surface area contributed by atoms with Crippen LogP contribution < -0.4 is 0 Å². The summed E-state index contributed by atoms with van der Waals surface area (Å²) < 4.78 is 5.32. The van der Waals surface area contributed by atoms with E-state index in [1.54, 1.807) is 0 Å². The summed E-state index contributed by atoms with van der Waals surface area (Å²) in [4.78, 5) is 16.7. The number of aryl methyl sites for hydroxylation is 3. The Bertz CT molecular complexity index is 907. The van der Waals surface area contributed by atoms with Crippen LogP contribution in [0.1, 0.15) is 22.3 Å². The Morgan fingerprint density at radius 1 is 1.04 bits per heavy atom. The van der Waals surface area contributed by atoms with Crippen LogP contribution in [0, 0.1) is 20.8 Å². The van der Waals surface area contributed by atoms with Gasteiger partial charge < -0.3 is 4.74 Å². The van der Waals surface area contributed by atoms with Gasteiger partial charge in [0.25, 0.3) is 0 Å². The lowest BCUT2D eigenvalue weighted by atomic mass is 10.0. The average Bonchev–Trinajstić information content (AvgIpc) is 2.60. The molecule has 0 bridgehead atoms. The van der Waals surface area contributed by atoms with Gasteiger partial charge in [0.1, 0.15) is 6.61 Å². The number of thioether (sulfide) groups is 1. The number of ether oxygens (including phenoxy) is 1. The molecule has 0 atom stereocenters. The quantitative estimate of drug-likeness (QED) is 0.479. The van der Waals surface area contributed by atoms with Crippen LogP contribution in [0.25, 0.3) is 10.9 Å². The fraction of sp³-hybridized carbons (Fsp3) is 0.238. The van der Waals surface area contributed by atoms with Crippen molar-refractivity contribution in [3.63, 3.8) is 0 Å². The van der Waals surface area contributed by atoms with E-state index in [0.717, 1.165) is 21.7 Å². The van der Waals surface area contributed by atoms with Crippen LogP contribution in [0.15, 0.2) is 53.6 Å². The van der Waals surface area contributed by atoms with E-state index in [2.05, 4.69) is 32.9 Å². The Morgan fingerprint density at radius 3 is 2.56 bits per heavy atom. The third-order valence-electron chi connectivity index (χ3n) is 4.01. The summed E-state index contributed by atoms with van der Waals surface area (Å²) >= 11 is 1.42. The molecule has 0 amide bonds. The van der Waals surface area contributed by atoms with Gasteiger partial charge in [-0.1, -0.05) is 53.7 Å². The molecule has 25 heavy (non-hydrogen) atoms. The maximum absolute atomic E-state index is 12.0. The zero-order chi connectivity index (χ0) is 17.8.